The van der Waals surface area contributed by atoms with Crippen molar-refractivity contribution in [2.24, 2.45) is 0 Å². The van der Waals surface area contributed by atoms with E-state index < -0.39 is 30.2 Å². The summed E-state index contributed by atoms with van der Waals surface area (Å²) in [6.45, 7) is 13.6. The van der Waals surface area contributed by atoms with Crippen molar-refractivity contribution in [2.75, 3.05) is 109 Å². The van der Waals surface area contributed by atoms with Gasteiger partial charge in [-0.25, -0.2) is 19.7 Å². The zero-order valence-electron chi connectivity index (χ0n) is 35.6. The van der Waals surface area contributed by atoms with Crippen LogP contribution in [0.4, 0.5) is 11.5 Å². The lowest BCUT2D eigenvalue weighted by Crippen LogP contribution is -2.51. The van der Waals surface area contributed by atoms with Crippen molar-refractivity contribution in [1.29, 1.82) is 0 Å². The van der Waals surface area contributed by atoms with E-state index in [2.05, 4.69) is 19.9 Å². The second-order valence-electron chi connectivity index (χ2n) is 15.4. The number of carbonyl (C=O) groups excluding carboxylic acids is 3. The van der Waals surface area contributed by atoms with Crippen LogP contribution in [0.2, 0.25) is 0 Å². The van der Waals surface area contributed by atoms with E-state index in [1.807, 2.05) is 41.5 Å². The van der Waals surface area contributed by atoms with Gasteiger partial charge in [-0.3, -0.25) is 38.6 Å². The molecule has 20 heteroatoms. The minimum atomic E-state index is -1.32. The zero-order valence-corrected chi connectivity index (χ0v) is 35.6. The van der Waals surface area contributed by atoms with Crippen LogP contribution in [0.3, 0.4) is 0 Å². The van der Waals surface area contributed by atoms with E-state index in [1.54, 1.807) is 24.8 Å². The van der Waals surface area contributed by atoms with Gasteiger partial charge in [0.2, 0.25) is 5.91 Å². The van der Waals surface area contributed by atoms with Gasteiger partial charge in [0, 0.05) is 83.0 Å². The minimum absolute atomic E-state index is 0.0290. The summed E-state index contributed by atoms with van der Waals surface area (Å²) in [7, 11) is 0. The van der Waals surface area contributed by atoms with Crippen molar-refractivity contribution in [3.8, 4) is 0 Å². The fourth-order valence-corrected chi connectivity index (χ4v) is 7.95. The molecule has 0 aliphatic carbocycles. The smallest absolute Gasteiger partial charge is 0.336 e. The minimum Gasteiger partial charge on any atom is -0.465 e. The number of aliphatic hydroxyl groups excluding tert-OH is 2. The van der Waals surface area contributed by atoms with Crippen LogP contribution in [0.15, 0.2) is 40.1 Å². The molecule has 20 nitrogen and oxygen atoms in total. The van der Waals surface area contributed by atoms with Crippen LogP contribution >= 0.6 is 0 Å². The normalized spacial score (nSPS) is 21.6. The van der Waals surface area contributed by atoms with Gasteiger partial charge in [0.1, 0.15) is 35.7 Å². The molecule has 4 N–H and O–H groups in total. The summed E-state index contributed by atoms with van der Waals surface area (Å²) >= 11 is 0. The first-order valence-corrected chi connectivity index (χ1v) is 20.8. The molecule has 332 valence electrons. The Kier molecular flexibility index (Phi) is 15.4. The Morgan fingerprint density at radius 1 is 0.803 bits per heavy atom. The van der Waals surface area contributed by atoms with E-state index in [1.165, 1.54) is 23.3 Å². The summed E-state index contributed by atoms with van der Waals surface area (Å²) in [4.78, 5) is 74.3. The third-order valence-corrected chi connectivity index (χ3v) is 11.2. The van der Waals surface area contributed by atoms with Crippen molar-refractivity contribution in [2.45, 2.75) is 59.2 Å². The molecular formula is C41H58N10O10. The summed E-state index contributed by atoms with van der Waals surface area (Å²) < 4.78 is 24.0. The molecule has 3 aromatic heterocycles. The van der Waals surface area contributed by atoms with E-state index in [4.69, 9.17) is 24.4 Å². The van der Waals surface area contributed by atoms with Gasteiger partial charge in [0.05, 0.1) is 44.9 Å². The van der Waals surface area contributed by atoms with Gasteiger partial charge in [-0.05, 0) is 51.8 Å². The lowest BCUT2D eigenvalue weighted by atomic mass is 10.1. The first-order chi connectivity index (χ1) is 29.3. The topological polar surface area (TPSA) is 235 Å². The number of nitrogen functional groups attached to an aromatic ring is 1. The molecule has 0 spiro atoms. The lowest BCUT2D eigenvalue weighted by Gasteiger charge is -2.35. The van der Waals surface area contributed by atoms with Crippen LogP contribution in [-0.2, 0) is 28.6 Å². The van der Waals surface area contributed by atoms with Crippen molar-refractivity contribution < 1.29 is 43.2 Å². The maximum Gasteiger partial charge on any atom is 0.336 e. The Morgan fingerprint density at radius 3 is 1.98 bits per heavy atom. The molecule has 1 aromatic carbocycles. The summed E-state index contributed by atoms with van der Waals surface area (Å²) in [6.07, 6.45) is -1.71. The summed E-state index contributed by atoms with van der Waals surface area (Å²) in [5.41, 5.74) is 8.89. The number of nitrogens with zero attached hydrogens (tertiary/aromatic N) is 9. The molecular weight excluding hydrogens is 793 g/mol. The quantitative estimate of drug-likeness (QED) is 0.120. The average molecular weight is 851 g/mol. The van der Waals surface area contributed by atoms with E-state index in [-0.39, 0.29) is 63.1 Å². The highest BCUT2D eigenvalue weighted by atomic mass is 16.6. The van der Waals surface area contributed by atoms with E-state index in [0.717, 1.165) is 16.5 Å². The third kappa shape index (κ3) is 11.1. The number of fused-ring (bicyclic) bond motifs is 2. The highest BCUT2D eigenvalue weighted by Crippen LogP contribution is 2.33. The number of aromatic nitrogens is 4. The van der Waals surface area contributed by atoms with Gasteiger partial charge in [-0.15, -0.1) is 0 Å². The maximum absolute atomic E-state index is 14.3. The molecule has 2 fully saturated rings. The van der Waals surface area contributed by atoms with Crippen LogP contribution in [0.1, 0.15) is 38.1 Å². The number of carbonyl (C=O) groups is 3. The number of aryl methyl sites for hydroxylation is 2. The fraction of sp³-hybridized carbons (Fsp3) is 0.585. The Balaban J connectivity index is 1.25. The molecule has 4 aromatic rings. The van der Waals surface area contributed by atoms with Crippen LogP contribution < -0.4 is 16.3 Å². The molecule has 0 bridgehead atoms. The van der Waals surface area contributed by atoms with E-state index in [0.29, 0.717) is 81.3 Å². The zero-order chi connectivity index (χ0) is 43.8. The van der Waals surface area contributed by atoms with E-state index in [9.17, 15) is 29.4 Å². The van der Waals surface area contributed by atoms with Crippen molar-refractivity contribution in [1.82, 2.24) is 39.1 Å². The second kappa shape index (κ2) is 20.6. The molecule has 1 amide bonds. The van der Waals surface area contributed by atoms with Crippen molar-refractivity contribution >= 4 is 51.5 Å². The van der Waals surface area contributed by atoms with E-state index >= 15 is 0 Å². The number of nitrogens with two attached hydrogens (primary N) is 1. The maximum atomic E-state index is 14.3. The summed E-state index contributed by atoms with van der Waals surface area (Å²) in [6, 6.07) is 5.11. The largest absolute Gasteiger partial charge is 0.465 e. The fourth-order valence-electron chi connectivity index (χ4n) is 7.95. The molecule has 5 heterocycles. The Morgan fingerprint density at radius 2 is 1.39 bits per heavy atom. The van der Waals surface area contributed by atoms with Gasteiger partial charge >= 0.3 is 17.6 Å². The third-order valence-electron chi connectivity index (χ3n) is 11.2. The van der Waals surface area contributed by atoms with Crippen LogP contribution in [-0.4, -0.2) is 184 Å². The van der Waals surface area contributed by atoms with Gasteiger partial charge in [-0.1, -0.05) is 0 Å². The summed E-state index contributed by atoms with van der Waals surface area (Å²) in [5.74, 6) is -0.750. The molecule has 0 unspecified atom stereocenters. The first kappa shape index (κ1) is 45.4. The monoisotopic (exact) mass is 850 g/mol. The molecule has 6 rings (SSSR count). The highest BCUT2D eigenvalue weighted by Gasteiger charge is 2.45. The Hall–Kier alpha value is -5.09. The molecule has 0 radical (unpaired) electrons. The number of anilines is 2. The molecule has 0 saturated carbocycles. The van der Waals surface area contributed by atoms with Crippen LogP contribution in [0, 0.1) is 13.8 Å². The number of aliphatic hydroxyl groups is 2. The number of hydrogen-bond donors (Lipinski definition) is 3. The van der Waals surface area contributed by atoms with Gasteiger partial charge in [0.15, 0.2) is 17.7 Å². The molecule has 2 aliphatic rings. The Bertz CT molecular complexity index is 2220. The number of amides is 1. The standard InChI is InChI=1S/C41H58N10O10/c1-6-50(29-19-30-28(17-27(29)5)26(4)18-33(53)60-30)32(52)21-47-11-9-46(10-13-48(22-34(54)58-7-2)15-16-49(14-12-47)23-35(55)59-8-3)20-31-37(56)38(57)41(61-31)51-25-45-36-39(42)43-24-44-40(36)51/h17-19,24-25,31,37-38,41,56-57H,6-16,20-23H2,1-5H3,(H2,42,43,44)/t31-,37-,38-,41-/m1/s1. The average Bonchev–Trinajstić information content (AvgIpc) is 3.77. The van der Waals surface area contributed by atoms with Crippen molar-refractivity contribution in [3.05, 3.63) is 52.4 Å². The predicted molar refractivity (Wildman–Crippen MR) is 225 cm³/mol. The SMILES string of the molecule is CCOC(=O)CN1CCN(CC(=O)OCC)CCN(C[C@H]2O[C@@H](n3cnc4c(N)ncnc43)[C@H](O)[C@@H]2O)CCN(CC(=O)N(CC)c2cc3oc(=O)cc(C)c3cc2C)CC1. The lowest BCUT2D eigenvalue weighted by molar-refractivity contribution is -0.146. The number of benzene rings is 1. The first-order valence-electron chi connectivity index (χ1n) is 20.8. The number of imidazole rings is 1. The van der Waals surface area contributed by atoms with Gasteiger partial charge in [-0.2, -0.15) is 0 Å². The van der Waals surface area contributed by atoms with Gasteiger partial charge in [0.25, 0.3) is 0 Å². The number of esters is 2. The number of ether oxygens (including phenoxy) is 3. The van der Waals surface area contributed by atoms with Crippen LogP contribution in [0.5, 0.6) is 0 Å². The van der Waals surface area contributed by atoms with Crippen molar-refractivity contribution in [3.63, 3.8) is 0 Å². The number of hydrogen-bond acceptors (Lipinski definition) is 18. The van der Waals surface area contributed by atoms with Gasteiger partial charge < -0.3 is 39.5 Å². The molecule has 61 heavy (non-hydrogen) atoms. The number of rotatable bonds is 13. The molecule has 2 aliphatic heterocycles. The second-order valence-corrected chi connectivity index (χ2v) is 15.4. The highest BCUT2D eigenvalue weighted by molar-refractivity contribution is 5.98. The van der Waals surface area contributed by atoms with Crippen LogP contribution in [0.25, 0.3) is 22.1 Å². The Labute approximate surface area is 353 Å². The molecule has 4 atom stereocenters. The predicted octanol–water partition coefficient (Wildman–Crippen LogP) is 0.152. The summed E-state index contributed by atoms with van der Waals surface area (Å²) in [5, 5.41) is 23.4. The molecule has 2 saturated heterocycles. The number of likely N-dealkylation sites (N-methyl/N-ethyl adjacent to an activating group) is 1.